The molecule has 1 aliphatic rings. The number of hydrogen-bond donors (Lipinski definition) is 2. The molecule has 2 atom stereocenters. The van der Waals surface area contributed by atoms with Crippen LogP contribution in [0.25, 0.3) is 0 Å². The number of nitriles is 1. The second-order valence-electron chi connectivity index (χ2n) is 7.27. The maximum atomic E-state index is 12.9. The Morgan fingerprint density at radius 1 is 1.32 bits per heavy atom. The highest BCUT2D eigenvalue weighted by molar-refractivity contribution is 9.11. The van der Waals surface area contributed by atoms with E-state index >= 15 is 0 Å². The van der Waals surface area contributed by atoms with Gasteiger partial charge < -0.3 is 10.0 Å². The van der Waals surface area contributed by atoms with Crippen LogP contribution in [0.15, 0.2) is 56.3 Å². The number of benzene rings is 2. The van der Waals surface area contributed by atoms with Crippen LogP contribution in [-0.2, 0) is 10.0 Å². The van der Waals surface area contributed by atoms with E-state index in [1.807, 2.05) is 13.0 Å². The Bertz CT molecular complexity index is 1140. The first-order valence-electron chi connectivity index (χ1n) is 9.31. The van der Waals surface area contributed by atoms with Gasteiger partial charge in [-0.15, -0.1) is 0 Å². The quantitative estimate of drug-likeness (QED) is 0.508. The first-order chi connectivity index (χ1) is 14.6. The highest BCUT2D eigenvalue weighted by Crippen LogP contribution is 2.28. The van der Waals surface area contributed by atoms with Crippen LogP contribution in [0.3, 0.4) is 0 Å². The van der Waals surface area contributed by atoms with E-state index in [1.54, 1.807) is 30.3 Å². The number of amides is 1. The molecule has 0 saturated carbocycles. The molecule has 0 unspecified atom stereocenters. The van der Waals surface area contributed by atoms with Gasteiger partial charge in [0.1, 0.15) is 0 Å². The molecular formula is C20H20Br2N4O4S. The smallest absolute Gasteiger partial charge is 0.411 e. The molecule has 3 rings (SSSR count). The summed E-state index contributed by atoms with van der Waals surface area (Å²) in [6, 6.07) is 10.9. The SMILES string of the molecule is Cc1cccc(N(C[C@H]2C[C@@H](NS(=O)(=O)c3cc(Br)ccc3Br)CN2C#N)C(=O)O)c1. The molecule has 0 spiro atoms. The second-order valence-corrected chi connectivity index (χ2v) is 10.7. The first kappa shape index (κ1) is 23.5. The van der Waals surface area contributed by atoms with E-state index in [4.69, 9.17) is 0 Å². The molecule has 31 heavy (non-hydrogen) atoms. The van der Waals surface area contributed by atoms with Crippen molar-refractivity contribution in [2.75, 3.05) is 18.0 Å². The van der Waals surface area contributed by atoms with Crippen molar-refractivity contribution in [1.82, 2.24) is 9.62 Å². The molecule has 0 radical (unpaired) electrons. The summed E-state index contributed by atoms with van der Waals surface area (Å²) in [5.41, 5.74) is 1.42. The Labute approximate surface area is 197 Å². The van der Waals surface area contributed by atoms with Gasteiger partial charge >= 0.3 is 6.09 Å². The number of likely N-dealkylation sites (tertiary alicyclic amines) is 1. The number of nitrogens with one attached hydrogen (secondary N) is 1. The highest BCUT2D eigenvalue weighted by atomic mass is 79.9. The van der Waals surface area contributed by atoms with E-state index in [-0.39, 0.29) is 18.0 Å². The predicted molar refractivity (Wildman–Crippen MR) is 123 cm³/mol. The number of hydrogen-bond acceptors (Lipinski definition) is 5. The Balaban J connectivity index is 1.78. The van der Waals surface area contributed by atoms with Crippen LogP contribution in [0.4, 0.5) is 10.5 Å². The molecule has 2 aromatic carbocycles. The fourth-order valence-corrected chi connectivity index (χ4v) is 6.31. The summed E-state index contributed by atoms with van der Waals surface area (Å²) >= 11 is 6.53. The molecular weight excluding hydrogens is 552 g/mol. The summed E-state index contributed by atoms with van der Waals surface area (Å²) < 4.78 is 29.5. The monoisotopic (exact) mass is 570 g/mol. The average molecular weight is 572 g/mol. The molecule has 2 N–H and O–H groups in total. The molecule has 1 heterocycles. The lowest BCUT2D eigenvalue weighted by molar-refractivity contribution is 0.199. The third-order valence-electron chi connectivity index (χ3n) is 4.99. The minimum atomic E-state index is -3.85. The molecule has 8 nitrogen and oxygen atoms in total. The van der Waals surface area contributed by atoms with Gasteiger partial charge in [0.15, 0.2) is 6.19 Å². The largest absolute Gasteiger partial charge is 0.465 e. The number of rotatable bonds is 6. The van der Waals surface area contributed by atoms with Crippen LogP contribution in [0.1, 0.15) is 12.0 Å². The molecule has 2 aromatic rings. The van der Waals surface area contributed by atoms with Crippen LogP contribution in [-0.4, -0.2) is 49.7 Å². The van der Waals surface area contributed by atoms with E-state index in [0.29, 0.717) is 21.1 Å². The molecule has 0 aromatic heterocycles. The Morgan fingerprint density at radius 2 is 2.06 bits per heavy atom. The maximum absolute atomic E-state index is 12.9. The summed E-state index contributed by atoms with van der Waals surface area (Å²) in [5, 5.41) is 19.2. The van der Waals surface area contributed by atoms with Crippen molar-refractivity contribution in [3.05, 3.63) is 57.0 Å². The van der Waals surface area contributed by atoms with E-state index < -0.39 is 28.2 Å². The zero-order valence-electron chi connectivity index (χ0n) is 16.5. The molecule has 1 fully saturated rings. The molecule has 11 heteroatoms. The van der Waals surface area contributed by atoms with Gasteiger partial charge in [0.2, 0.25) is 10.0 Å². The summed E-state index contributed by atoms with van der Waals surface area (Å²) in [4.78, 5) is 14.6. The van der Waals surface area contributed by atoms with E-state index in [9.17, 15) is 23.6 Å². The lowest BCUT2D eigenvalue weighted by Crippen LogP contribution is -2.41. The van der Waals surface area contributed by atoms with Crippen LogP contribution >= 0.6 is 31.9 Å². The summed E-state index contributed by atoms with van der Waals surface area (Å²) in [6.45, 7) is 2.07. The van der Waals surface area contributed by atoms with Gasteiger partial charge in [-0.05, 0) is 65.2 Å². The number of anilines is 1. The Morgan fingerprint density at radius 3 is 2.71 bits per heavy atom. The third kappa shape index (κ3) is 5.57. The topological polar surface area (TPSA) is 114 Å². The fourth-order valence-electron chi connectivity index (χ4n) is 3.56. The standard InChI is InChI=1S/C20H20Br2N4O4S/c1-13-3-2-4-16(7-13)26(20(27)28)11-17-9-15(10-25(17)12-23)24-31(29,30)19-8-14(21)5-6-18(19)22/h2-8,15,17,24H,9-11H2,1H3,(H,27,28)/t15-,17-/m1/s1. The first-order valence-corrected chi connectivity index (χ1v) is 12.4. The predicted octanol–water partition coefficient (Wildman–Crippen LogP) is 3.91. The number of sulfonamides is 1. The van der Waals surface area contributed by atoms with Crippen LogP contribution in [0, 0.1) is 18.4 Å². The lowest BCUT2D eigenvalue weighted by atomic mass is 10.1. The summed E-state index contributed by atoms with van der Waals surface area (Å²) in [5.74, 6) is 0. The Hall–Kier alpha value is -2.13. The van der Waals surface area contributed by atoms with Crippen molar-refractivity contribution in [1.29, 1.82) is 5.26 Å². The van der Waals surface area contributed by atoms with Crippen molar-refractivity contribution in [2.24, 2.45) is 0 Å². The van der Waals surface area contributed by atoms with Gasteiger partial charge in [0.05, 0.1) is 17.5 Å². The van der Waals surface area contributed by atoms with Crippen molar-refractivity contribution in [3.8, 4) is 6.19 Å². The molecule has 0 bridgehead atoms. The van der Waals surface area contributed by atoms with Crippen molar-refractivity contribution >= 4 is 53.7 Å². The molecule has 1 saturated heterocycles. The zero-order valence-corrected chi connectivity index (χ0v) is 20.5. The minimum Gasteiger partial charge on any atom is -0.465 e. The summed E-state index contributed by atoms with van der Waals surface area (Å²) in [7, 11) is -3.85. The van der Waals surface area contributed by atoms with Crippen molar-refractivity contribution in [3.63, 3.8) is 0 Å². The van der Waals surface area contributed by atoms with Gasteiger partial charge in [-0.3, -0.25) is 4.90 Å². The second kappa shape index (κ2) is 9.56. The van der Waals surface area contributed by atoms with E-state index in [2.05, 4.69) is 42.8 Å². The minimum absolute atomic E-state index is 0.0468. The number of carbonyl (C=O) groups is 1. The van der Waals surface area contributed by atoms with Crippen molar-refractivity contribution < 1.29 is 18.3 Å². The lowest BCUT2D eigenvalue weighted by Gasteiger charge is -2.26. The normalized spacial score (nSPS) is 18.6. The zero-order chi connectivity index (χ0) is 22.8. The third-order valence-corrected chi connectivity index (χ3v) is 7.99. The average Bonchev–Trinajstić information content (AvgIpc) is 3.08. The number of carboxylic acid groups (broad SMARTS) is 1. The van der Waals surface area contributed by atoms with Gasteiger partial charge in [-0.25, -0.2) is 17.9 Å². The molecule has 1 amide bonds. The Kier molecular flexibility index (Phi) is 7.26. The van der Waals surface area contributed by atoms with Crippen LogP contribution < -0.4 is 9.62 Å². The molecule has 0 aliphatic carbocycles. The van der Waals surface area contributed by atoms with E-state index in [1.165, 1.54) is 15.9 Å². The summed E-state index contributed by atoms with van der Waals surface area (Å²) in [6.07, 6.45) is 1.23. The van der Waals surface area contributed by atoms with Crippen molar-refractivity contribution in [2.45, 2.75) is 30.3 Å². The number of halogens is 2. The molecule has 1 aliphatic heterocycles. The van der Waals surface area contributed by atoms with Gasteiger partial charge in [0, 0.05) is 27.2 Å². The highest BCUT2D eigenvalue weighted by Gasteiger charge is 2.36. The maximum Gasteiger partial charge on any atom is 0.411 e. The van der Waals surface area contributed by atoms with Gasteiger partial charge in [0.25, 0.3) is 0 Å². The number of aryl methyl sites for hydroxylation is 1. The number of nitrogens with zero attached hydrogens (tertiary/aromatic N) is 3. The van der Waals surface area contributed by atoms with Crippen LogP contribution in [0.5, 0.6) is 0 Å². The van der Waals surface area contributed by atoms with Gasteiger partial charge in [-0.1, -0.05) is 28.1 Å². The molecule has 164 valence electrons. The van der Waals surface area contributed by atoms with Gasteiger partial charge in [-0.2, -0.15) is 5.26 Å². The fraction of sp³-hybridized carbons (Fsp3) is 0.300. The van der Waals surface area contributed by atoms with E-state index in [0.717, 1.165) is 5.56 Å². The van der Waals surface area contributed by atoms with Crippen LogP contribution in [0.2, 0.25) is 0 Å².